The van der Waals surface area contributed by atoms with Crippen LogP contribution >= 0.6 is 15.9 Å². The number of nitrogens with zero attached hydrogens (tertiary/aromatic N) is 1. The van der Waals surface area contributed by atoms with E-state index in [1.54, 1.807) is 0 Å². The Hall–Kier alpha value is -0.0900. The Kier molecular flexibility index (Phi) is 2.51. The average Bonchev–Trinajstić information content (AvgIpc) is 2.90. The van der Waals surface area contributed by atoms with Crippen molar-refractivity contribution in [3.8, 4) is 0 Å². The Bertz CT molecular complexity index is 284. The molecule has 3 saturated heterocycles. The van der Waals surface area contributed by atoms with Gasteiger partial charge in [-0.3, -0.25) is 4.79 Å². The van der Waals surface area contributed by atoms with Crippen molar-refractivity contribution in [3.63, 3.8) is 0 Å². The van der Waals surface area contributed by atoms with Crippen LogP contribution in [0.2, 0.25) is 0 Å². The van der Waals surface area contributed by atoms with Crippen LogP contribution in [-0.4, -0.2) is 40.9 Å². The van der Waals surface area contributed by atoms with E-state index in [0.29, 0.717) is 16.8 Å². The maximum Gasteiger partial charge on any atom is 0.228 e. The van der Waals surface area contributed by atoms with Crippen LogP contribution in [0.25, 0.3) is 0 Å². The Morgan fingerprint density at radius 3 is 2.73 bits per heavy atom. The number of halogens is 1. The molecular weight excluding hydrogens is 258 g/mol. The molecule has 4 unspecified atom stereocenters. The lowest BCUT2D eigenvalue weighted by Crippen LogP contribution is -2.38. The van der Waals surface area contributed by atoms with Crippen molar-refractivity contribution in [2.24, 2.45) is 5.92 Å². The van der Waals surface area contributed by atoms with Gasteiger partial charge in [-0.15, -0.1) is 0 Å². The van der Waals surface area contributed by atoms with Crippen molar-refractivity contribution in [1.82, 2.24) is 4.90 Å². The molecule has 3 nitrogen and oxygen atoms in total. The van der Waals surface area contributed by atoms with Gasteiger partial charge >= 0.3 is 0 Å². The van der Waals surface area contributed by atoms with Crippen molar-refractivity contribution in [2.45, 2.75) is 42.7 Å². The summed E-state index contributed by atoms with van der Waals surface area (Å²) in [6.07, 6.45) is 4.92. The molecule has 0 aliphatic carbocycles. The molecule has 3 aliphatic rings. The monoisotopic (exact) mass is 273 g/mol. The summed E-state index contributed by atoms with van der Waals surface area (Å²) in [4.78, 5) is 14.7. The van der Waals surface area contributed by atoms with E-state index in [1.807, 2.05) is 4.90 Å². The molecule has 0 saturated carbocycles. The van der Waals surface area contributed by atoms with E-state index >= 15 is 0 Å². The highest BCUT2D eigenvalue weighted by atomic mass is 79.9. The SMILES string of the molecule is O=C(C1CC2CCC1O2)N1CCC(Br)C1. The molecule has 0 N–H and O–H groups in total. The van der Waals surface area contributed by atoms with Crippen LogP contribution in [0.15, 0.2) is 0 Å². The summed E-state index contributed by atoms with van der Waals surface area (Å²) in [5, 5.41) is 0. The van der Waals surface area contributed by atoms with Gasteiger partial charge in [0.1, 0.15) is 0 Å². The average molecular weight is 274 g/mol. The van der Waals surface area contributed by atoms with Crippen LogP contribution in [0.1, 0.15) is 25.7 Å². The van der Waals surface area contributed by atoms with Crippen molar-refractivity contribution in [2.75, 3.05) is 13.1 Å². The summed E-state index contributed by atoms with van der Waals surface area (Å²) in [5.41, 5.74) is 0. The van der Waals surface area contributed by atoms with Gasteiger partial charge in [0.25, 0.3) is 0 Å². The van der Waals surface area contributed by atoms with E-state index in [2.05, 4.69) is 15.9 Å². The fourth-order valence-corrected chi connectivity index (χ4v) is 3.60. The zero-order valence-electron chi connectivity index (χ0n) is 8.69. The highest BCUT2D eigenvalue weighted by Gasteiger charge is 2.46. The zero-order chi connectivity index (χ0) is 10.4. The molecule has 0 aromatic carbocycles. The second-order valence-electron chi connectivity index (χ2n) is 4.89. The zero-order valence-corrected chi connectivity index (χ0v) is 10.3. The summed E-state index contributed by atoms with van der Waals surface area (Å²) in [6, 6.07) is 0. The first-order valence-electron chi connectivity index (χ1n) is 5.82. The molecule has 0 spiro atoms. The predicted octanol–water partition coefficient (Wildman–Crippen LogP) is 1.55. The Morgan fingerprint density at radius 2 is 2.20 bits per heavy atom. The molecule has 3 heterocycles. The van der Waals surface area contributed by atoms with Gasteiger partial charge in [0.05, 0.1) is 18.1 Å². The van der Waals surface area contributed by atoms with E-state index < -0.39 is 0 Å². The number of amides is 1. The first-order chi connectivity index (χ1) is 7.24. The number of fused-ring (bicyclic) bond motifs is 2. The second-order valence-corrected chi connectivity index (χ2v) is 6.18. The van der Waals surface area contributed by atoms with Crippen molar-refractivity contribution < 1.29 is 9.53 Å². The van der Waals surface area contributed by atoms with Crippen molar-refractivity contribution >= 4 is 21.8 Å². The summed E-state index contributed by atoms with van der Waals surface area (Å²) in [7, 11) is 0. The Morgan fingerprint density at radius 1 is 1.33 bits per heavy atom. The van der Waals surface area contributed by atoms with Crippen LogP contribution < -0.4 is 0 Å². The van der Waals surface area contributed by atoms with Gasteiger partial charge in [-0.25, -0.2) is 0 Å². The third-order valence-electron chi connectivity index (χ3n) is 3.87. The van der Waals surface area contributed by atoms with Gasteiger partial charge in [-0.1, -0.05) is 15.9 Å². The van der Waals surface area contributed by atoms with E-state index in [1.165, 1.54) is 0 Å². The van der Waals surface area contributed by atoms with Crippen LogP contribution in [0.4, 0.5) is 0 Å². The van der Waals surface area contributed by atoms with Gasteiger partial charge in [-0.05, 0) is 25.7 Å². The van der Waals surface area contributed by atoms with E-state index in [9.17, 15) is 4.79 Å². The Balaban J connectivity index is 1.65. The number of rotatable bonds is 1. The van der Waals surface area contributed by atoms with E-state index in [4.69, 9.17) is 4.74 Å². The quantitative estimate of drug-likeness (QED) is 0.679. The van der Waals surface area contributed by atoms with Gasteiger partial charge in [0, 0.05) is 17.9 Å². The topological polar surface area (TPSA) is 29.5 Å². The molecule has 3 rings (SSSR count). The number of carbonyl (C=O) groups is 1. The predicted molar refractivity (Wildman–Crippen MR) is 59.9 cm³/mol. The second kappa shape index (κ2) is 3.74. The normalized spacial score (nSPS) is 43.9. The highest BCUT2D eigenvalue weighted by molar-refractivity contribution is 9.09. The number of carbonyl (C=O) groups excluding carboxylic acids is 1. The molecule has 84 valence electrons. The number of alkyl halides is 1. The summed E-state index contributed by atoms with van der Waals surface area (Å²) < 4.78 is 5.73. The van der Waals surface area contributed by atoms with Gasteiger partial charge in [0.15, 0.2) is 0 Å². The molecule has 4 heteroatoms. The van der Waals surface area contributed by atoms with Crippen LogP contribution in [0, 0.1) is 5.92 Å². The lowest BCUT2D eigenvalue weighted by molar-refractivity contribution is -0.136. The fourth-order valence-electron chi connectivity index (χ4n) is 3.05. The fraction of sp³-hybridized carbons (Fsp3) is 0.909. The number of ether oxygens (including phenoxy) is 1. The minimum atomic E-state index is 0.168. The number of hydrogen-bond acceptors (Lipinski definition) is 2. The first-order valence-corrected chi connectivity index (χ1v) is 6.74. The molecule has 2 bridgehead atoms. The molecule has 4 atom stereocenters. The minimum absolute atomic E-state index is 0.168. The van der Waals surface area contributed by atoms with Gasteiger partial charge in [0.2, 0.25) is 5.91 Å². The molecule has 0 aromatic rings. The Labute approximate surface area is 98.3 Å². The lowest BCUT2D eigenvalue weighted by atomic mass is 9.88. The molecule has 0 aromatic heterocycles. The summed E-state index contributed by atoms with van der Waals surface area (Å²) in [6.45, 7) is 1.80. The molecule has 0 radical (unpaired) electrons. The maximum absolute atomic E-state index is 12.2. The van der Waals surface area contributed by atoms with E-state index in [-0.39, 0.29) is 12.0 Å². The van der Waals surface area contributed by atoms with Crippen LogP contribution in [0.5, 0.6) is 0 Å². The van der Waals surface area contributed by atoms with Gasteiger partial charge < -0.3 is 9.64 Å². The van der Waals surface area contributed by atoms with Crippen molar-refractivity contribution in [1.29, 1.82) is 0 Å². The lowest BCUT2D eigenvalue weighted by Gasteiger charge is -2.24. The van der Waals surface area contributed by atoms with Gasteiger partial charge in [-0.2, -0.15) is 0 Å². The van der Waals surface area contributed by atoms with Crippen molar-refractivity contribution in [3.05, 3.63) is 0 Å². The highest BCUT2D eigenvalue weighted by Crippen LogP contribution is 2.40. The first kappa shape index (κ1) is 10.1. The maximum atomic E-state index is 12.2. The number of hydrogen-bond donors (Lipinski definition) is 0. The molecule has 1 amide bonds. The smallest absolute Gasteiger partial charge is 0.228 e. The van der Waals surface area contributed by atoms with E-state index in [0.717, 1.165) is 38.8 Å². The van der Waals surface area contributed by atoms with Crippen LogP contribution in [-0.2, 0) is 9.53 Å². The summed E-state index contributed by atoms with van der Waals surface area (Å²) in [5.74, 6) is 0.505. The number of likely N-dealkylation sites (tertiary alicyclic amines) is 1. The third kappa shape index (κ3) is 1.72. The summed E-state index contributed by atoms with van der Waals surface area (Å²) >= 11 is 3.57. The molecular formula is C11H16BrNO2. The molecule has 3 fully saturated rings. The molecule has 3 aliphatic heterocycles. The minimum Gasteiger partial charge on any atom is -0.374 e. The molecule has 15 heavy (non-hydrogen) atoms. The standard InChI is InChI=1S/C11H16BrNO2/c12-7-3-4-13(6-7)11(14)9-5-8-1-2-10(9)15-8/h7-10H,1-6H2. The van der Waals surface area contributed by atoms with Crippen LogP contribution in [0.3, 0.4) is 0 Å². The third-order valence-corrected chi connectivity index (χ3v) is 4.61. The largest absolute Gasteiger partial charge is 0.374 e.